The highest BCUT2D eigenvalue weighted by Crippen LogP contribution is 2.44. The van der Waals surface area contributed by atoms with Crippen LogP contribution in [0.5, 0.6) is 0 Å². The van der Waals surface area contributed by atoms with E-state index in [1.165, 1.54) is 0 Å². The summed E-state index contributed by atoms with van der Waals surface area (Å²) in [5, 5.41) is 0. The normalized spacial score (nSPS) is 17.4. The highest BCUT2D eigenvalue weighted by molar-refractivity contribution is 5.75. The van der Waals surface area contributed by atoms with Crippen LogP contribution in [0.15, 0.2) is 28.0 Å². The van der Waals surface area contributed by atoms with Crippen molar-refractivity contribution in [3.05, 3.63) is 34.2 Å². The molecule has 1 aliphatic rings. The number of aromatic amines is 2. The summed E-state index contributed by atoms with van der Waals surface area (Å²) >= 11 is 0. The second kappa shape index (κ2) is 3.43. The zero-order valence-corrected chi connectivity index (χ0v) is 9.12. The van der Waals surface area contributed by atoms with E-state index in [1.54, 1.807) is 6.08 Å². The number of rotatable bonds is 2. The van der Waals surface area contributed by atoms with E-state index >= 15 is 0 Å². The van der Waals surface area contributed by atoms with Crippen LogP contribution in [-0.2, 0) is 10.3 Å². The topological polar surface area (TPSA) is 78.1 Å². The number of aromatic nitrogens is 2. The van der Waals surface area contributed by atoms with E-state index in [9.17, 15) is 9.59 Å². The average molecular weight is 229 g/mol. The fraction of sp³-hybridized carbons (Fsp3) is 0.333. The van der Waals surface area contributed by atoms with Gasteiger partial charge < -0.3 is 9.97 Å². The molecule has 2 N–H and O–H groups in total. The van der Waals surface area contributed by atoms with Crippen molar-refractivity contribution in [3.63, 3.8) is 0 Å². The smallest absolute Gasteiger partial charge is 0.306 e. The van der Waals surface area contributed by atoms with Gasteiger partial charge in [0.05, 0.1) is 16.6 Å². The molecule has 0 spiro atoms. The van der Waals surface area contributed by atoms with Gasteiger partial charge in [0.25, 0.3) is 0 Å². The Bertz CT molecular complexity index is 672. The van der Waals surface area contributed by atoms with Crippen LogP contribution in [0.4, 0.5) is 0 Å². The van der Waals surface area contributed by atoms with Crippen molar-refractivity contribution in [2.24, 2.45) is 4.99 Å². The maximum absolute atomic E-state index is 11.2. The number of nitrogens with one attached hydrogen (secondary N) is 2. The molecule has 0 aliphatic heterocycles. The van der Waals surface area contributed by atoms with Crippen LogP contribution in [0.3, 0.4) is 0 Å². The third-order valence-electron chi connectivity index (χ3n) is 3.49. The van der Waals surface area contributed by atoms with Crippen LogP contribution in [-0.4, -0.2) is 16.0 Å². The molecule has 0 amide bonds. The molecule has 1 fully saturated rings. The largest absolute Gasteiger partial charge is 0.323 e. The molecule has 1 saturated carbocycles. The highest BCUT2D eigenvalue weighted by atomic mass is 16.1. The minimum atomic E-state index is -0.413. The molecule has 0 atom stereocenters. The Morgan fingerprint density at radius 1 is 1.24 bits per heavy atom. The number of benzene rings is 1. The molecule has 0 radical (unpaired) electrons. The number of fused-ring (bicyclic) bond motifs is 1. The molecule has 17 heavy (non-hydrogen) atoms. The van der Waals surface area contributed by atoms with E-state index in [0.717, 1.165) is 35.9 Å². The monoisotopic (exact) mass is 229 g/mol. The minimum absolute atomic E-state index is 0.223. The molecule has 1 heterocycles. The third kappa shape index (κ3) is 1.44. The Labute approximate surface area is 96.6 Å². The average Bonchev–Trinajstić information content (AvgIpc) is 2.62. The highest BCUT2D eigenvalue weighted by Gasteiger charge is 2.38. The SMILES string of the molecule is O=C=NC1(c2ccc3[nH]c(=O)[nH]c3c2)CCC1. The van der Waals surface area contributed by atoms with E-state index in [-0.39, 0.29) is 5.69 Å². The zero-order valence-electron chi connectivity index (χ0n) is 9.12. The lowest BCUT2D eigenvalue weighted by Gasteiger charge is -2.37. The molecule has 0 unspecified atom stereocenters. The number of carbonyl (C=O) groups excluding carboxylic acids is 1. The van der Waals surface area contributed by atoms with Crippen molar-refractivity contribution in [1.82, 2.24) is 9.97 Å². The summed E-state index contributed by atoms with van der Waals surface area (Å²) in [5.74, 6) is 0. The van der Waals surface area contributed by atoms with Gasteiger partial charge in [0.1, 0.15) is 0 Å². The molecular formula is C12H11N3O2. The maximum atomic E-state index is 11.2. The zero-order chi connectivity index (χ0) is 11.9. The second-order valence-electron chi connectivity index (χ2n) is 4.43. The lowest BCUT2D eigenvalue weighted by molar-refractivity contribution is 0.256. The van der Waals surface area contributed by atoms with Gasteiger partial charge in [-0.3, -0.25) is 0 Å². The number of imidazole rings is 1. The van der Waals surface area contributed by atoms with Gasteiger partial charge in [-0.25, -0.2) is 9.59 Å². The fourth-order valence-corrected chi connectivity index (χ4v) is 2.39. The number of isocyanates is 1. The summed E-state index contributed by atoms with van der Waals surface area (Å²) < 4.78 is 0. The summed E-state index contributed by atoms with van der Waals surface area (Å²) in [6.07, 6.45) is 4.45. The van der Waals surface area contributed by atoms with Gasteiger partial charge in [0.15, 0.2) is 0 Å². The van der Waals surface area contributed by atoms with Gasteiger partial charge in [0, 0.05) is 0 Å². The summed E-state index contributed by atoms with van der Waals surface area (Å²) in [6.45, 7) is 0. The summed E-state index contributed by atoms with van der Waals surface area (Å²) in [4.78, 5) is 31.0. The molecule has 86 valence electrons. The Morgan fingerprint density at radius 2 is 2.00 bits per heavy atom. The fourth-order valence-electron chi connectivity index (χ4n) is 2.39. The predicted octanol–water partition coefficient (Wildman–Crippen LogP) is 1.57. The summed E-state index contributed by atoms with van der Waals surface area (Å²) in [6, 6.07) is 5.63. The lowest BCUT2D eigenvalue weighted by Crippen LogP contribution is -2.31. The Morgan fingerprint density at radius 3 is 2.65 bits per heavy atom. The molecule has 0 saturated heterocycles. The summed E-state index contributed by atoms with van der Waals surface area (Å²) in [7, 11) is 0. The second-order valence-corrected chi connectivity index (χ2v) is 4.43. The molecular weight excluding hydrogens is 218 g/mol. The number of hydrogen-bond donors (Lipinski definition) is 2. The molecule has 0 bridgehead atoms. The van der Waals surface area contributed by atoms with E-state index in [0.29, 0.717) is 0 Å². The number of nitrogens with zero attached hydrogens (tertiary/aromatic N) is 1. The standard InChI is InChI=1S/C12H11N3O2/c16-7-13-12(4-1-5-12)8-2-3-9-10(6-8)15-11(17)14-9/h2-3,6H,1,4-5H2,(H2,14,15,17). The van der Waals surface area contributed by atoms with Crippen LogP contribution in [0.2, 0.25) is 0 Å². The molecule has 1 aliphatic carbocycles. The van der Waals surface area contributed by atoms with Crippen molar-refractivity contribution in [1.29, 1.82) is 0 Å². The Hall–Kier alpha value is -2.13. The molecule has 1 aromatic heterocycles. The van der Waals surface area contributed by atoms with E-state index in [2.05, 4.69) is 15.0 Å². The van der Waals surface area contributed by atoms with Crippen molar-refractivity contribution < 1.29 is 4.79 Å². The lowest BCUT2D eigenvalue weighted by atomic mass is 9.72. The quantitative estimate of drug-likeness (QED) is 0.605. The summed E-state index contributed by atoms with van der Waals surface area (Å²) in [5.41, 5.74) is 1.85. The van der Waals surface area contributed by atoms with Gasteiger partial charge in [-0.15, -0.1) is 0 Å². The van der Waals surface area contributed by atoms with Gasteiger partial charge >= 0.3 is 5.69 Å². The predicted molar refractivity (Wildman–Crippen MR) is 62.6 cm³/mol. The van der Waals surface area contributed by atoms with Crippen LogP contribution in [0.1, 0.15) is 24.8 Å². The minimum Gasteiger partial charge on any atom is -0.306 e. The van der Waals surface area contributed by atoms with Crippen molar-refractivity contribution in [2.45, 2.75) is 24.8 Å². The molecule has 5 nitrogen and oxygen atoms in total. The van der Waals surface area contributed by atoms with Crippen LogP contribution < -0.4 is 5.69 Å². The first kappa shape index (κ1) is 10.1. The first-order valence-electron chi connectivity index (χ1n) is 5.55. The molecule has 2 aromatic rings. The van der Waals surface area contributed by atoms with Crippen LogP contribution >= 0.6 is 0 Å². The number of H-pyrrole nitrogens is 2. The van der Waals surface area contributed by atoms with Gasteiger partial charge in [0.2, 0.25) is 6.08 Å². The third-order valence-corrected chi connectivity index (χ3v) is 3.49. The van der Waals surface area contributed by atoms with Gasteiger partial charge in [-0.2, -0.15) is 4.99 Å². The first-order valence-corrected chi connectivity index (χ1v) is 5.55. The van der Waals surface area contributed by atoms with E-state index < -0.39 is 5.54 Å². The van der Waals surface area contributed by atoms with E-state index in [4.69, 9.17) is 0 Å². The number of hydrogen-bond acceptors (Lipinski definition) is 3. The Balaban J connectivity index is 2.16. The van der Waals surface area contributed by atoms with E-state index in [1.807, 2.05) is 18.2 Å². The first-order chi connectivity index (χ1) is 8.23. The van der Waals surface area contributed by atoms with Crippen molar-refractivity contribution in [3.8, 4) is 0 Å². The Kier molecular flexibility index (Phi) is 2.03. The van der Waals surface area contributed by atoms with Crippen LogP contribution in [0.25, 0.3) is 11.0 Å². The van der Waals surface area contributed by atoms with Gasteiger partial charge in [-0.05, 0) is 37.0 Å². The van der Waals surface area contributed by atoms with Crippen LogP contribution in [0, 0.1) is 0 Å². The van der Waals surface area contributed by atoms with Gasteiger partial charge in [-0.1, -0.05) is 6.07 Å². The van der Waals surface area contributed by atoms with Crippen molar-refractivity contribution in [2.75, 3.05) is 0 Å². The molecule has 5 heteroatoms. The maximum Gasteiger partial charge on any atom is 0.323 e. The van der Waals surface area contributed by atoms with Crippen molar-refractivity contribution >= 4 is 17.1 Å². The molecule has 3 rings (SSSR count). The molecule has 1 aromatic carbocycles. The number of aliphatic imine (C=N–C) groups is 1.